The normalized spacial score (nSPS) is 17.0. The fraction of sp³-hybridized carbons (Fsp3) is 0.500. The maximum atomic E-state index is 13.2. The van der Waals surface area contributed by atoms with Gasteiger partial charge in [0.2, 0.25) is 5.91 Å². The summed E-state index contributed by atoms with van der Waals surface area (Å²) in [5.74, 6) is 0.469. The molecule has 154 valence electrons. The molecule has 1 amide bonds. The molecular weight excluding hydrogens is 450 g/mol. The van der Waals surface area contributed by atoms with Crippen LogP contribution in [0.2, 0.25) is 0 Å². The maximum absolute atomic E-state index is 13.2. The molecule has 1 fully saturated rings. The van der Waals surface area contributed by atoms with E-state index in [0.29, 0.717) is 28.4 Å². The Balaban J connectivity index is 1.60. The molecule has 1 saturated heterocycles. The summed E-state index contributed by atoms with van der Waals surface area (Å²) in [5.41, 5.74) is 2.09. The summed E-state index contributed by atoms with van der Waals surface area (Å²) in [5, 5.41) is 1.26. The number of allylic oxidation sites excluding steroid dienone is 2. The van der Waals surface area contributed by atoms with E-state index in [-0.39, 0.29) is 11.5 Å². The Hall–Kier alpha value is -1.60. The average molecular weight is 476 g/mol. The van der Waals surface area contributed by atoms with Gasteiger partial charge in [0.15, 0.2) is 5.16 Å². The van der Waals surface area contributed by atoms with Crippen molar-refractivity contribution in [3.8, 4) is 0 Å². The van der Waals surface area contributed by atoms with E-state index in [1.807, 2.05) is 23.1 Å². The number of benzene rings is 1. The highest BCUT2D eigenvalue weighted by Crippen LogP contribution is 2.24. The van der Waals surface area contributed by atoms with E-state index in [9.17, 15) is 9.59 Å². The molecule has 0 radical (unpaired) electrons. The van der Waals surface area contributed by atoms with Crippen LogP contribution in [0.4, 0.5) is 0 Å². The Morgan fingerprint density at radius 1 is 1.17 bits per heavy atom. The monoisotopic (exact) mass is 475 g/mol. The molecule has 0 bridgehead atoms. The predicted octanol–water partition coefficient (Wildman–Crippen LogP) is 4.76. The molecule has 2 aromatic rings. The Morgan fingerprint density at radius 2 is 2.00 bits per heavy atom. The first-order valence-corrected chi connectivity index (χ1v) is 12.2. The number of fused-ring (bicyclic) bond motifs is 1. The standard InChI is InChI=1S/C22H26BrN3O2S/c23-17-8-9-19-18(14-17)21(28)26(13-10-16-6-2-1-3-7-16)22(24-19)29-15-20(27)25-11-4-5-12-25/h6,8-9,14H,1-5,7,10-13,15H2. The lowest BCUT2D eigenvalue weighted by atomic mass is 9.97. The van der Waals surface area contributed by atoms with Crippen LogP contribution in [0.5, 0.6) is 0 Å². The van der Waals surface area contributed by atoms with Gasteiger partial charge in [-0.25, -0.2) is 4.98 Å². The number of amides is 1. The Kier molecular flexibility index (Phi) is 6.75. The van der Waals surface area contributed by atoms with Crippen LogP contribution in [-0.2, 0) is 11.3 Å². The summed E-state index contributed by atoms with van der Waals surface area (Å²) in [6, 6.07) is 5.60. The molecule has 5 nitrogen and oxygen atoms in total. The van der Waals surface area contributed by atoms with Crippen molar-refractivity contribution in [3.63, 3.8) is 0 Å². The molecule has 0 N–H and O–H groups in total. The van der Waals surface area contributed by atoms with Gasteiger partial charge in [-0.05, 0) is 63.1 Å². The maximum Gasteiger partial charge on any atom is 0.262 e. The Morgan fingerprint density at radius 3 is 2.76 bits per heavy atom. The number of carbonyl (C=O) groups excluding carboxylic acids is 1. The van der Waals surface area contributed by atoms with Crippen LogP contribution in [0, 0.1) is 0 Å². The van der Waals surface area contributed by atoms with E-state index in [0.717, 1.165) is 49.7 Å². The molecule has 1 aromatic heterocycles. The fourth-order valence-electron chi connectivity index (χ4n) is 4.05. The third kappa shape index (κ3) is 4.94. The third-order valence-electron chi connectivity index (χ3n) is 5.71. The summed E-state index contributed by atoms with van der Waals surface area (Å²) in [7, 11) is 0. The minimum atomic E-state index is -0.0242. The van der Waals surface area contributed by atoms with Crippen LogP contribution >= 0.6 is 27.7 Å². The summed E-state index contributed by atoms with van der Waals surface area (Å²) in [6.45, 7) is 2.30. The van der Waals surface area contributed by atoms with Crippen LogP contribution in [0.1, 0.15) is 44.9 Å². The van der Waals surface area contributed by atoms with Crippen molar-refractivity contribution < 1.29 is 4.79 Å². The summed E-state index contributed by atoms with van der Waals surface area (Å²) < 4.78 is 2.64. The smallest absolute Gasteiger partial charge is 0.262 e. The Bertz CT molecular complexity index is 995. The second kappa shape index (κ2) is 9.47. The molecule has 1 aliphatic heterocycles. The molecule has 1 aliphatic carbocycles. The molecule has 0 unspecified atom stereocenters. The highest BCUT2D eigenvalue weighted by atomic mass is 79.9. The van der Waals surface area contributed by atoms with Gasteiger partial charge in [0.1, 0.15) is 0 Å². The van der Waals surface area contributed by atoms with Gasteiger partial charge in [0.05, 0.1) is 16.7 Å². The topological polar surface area (TPSA) is 55.2 Å². The number of nitrogens with zero attached hydrogens (tertiary/aromatic N) is 3. The van der Waals surface area contributed by atoms with Gasteiger partial charge >= 0.3 is 0 Å². The van der Waals surface area contributed by atoms with Crippen LogP contribution in [0.25, 0.3) is 10.9 Å². The van der Waals surface area contributed by atoms with Crippen molar-refractivity contribution in [3.05, 3.63) is 44.7 Å². The highest BCUT2D eigenvalue weighted by Gasteiger charge is 2.20. The molecule has 0 spiro atoms. The number of aromatic nitrogens is 2. The van der Waals surface area contributed by atoms with E-state index in [1.165, 1.54) is 30.2 Å². The largest absolute Gasteiger partial charge is 0.342 e. The van der Waals surface area contributed by atoms with Crippen molar-refractivity contribution in [2.24, 2.45) is 0 Å². The molecule has 7 heteroatoms. The molecule has 2 heterocycles. The van der Waals surface area contributed by atoms with Crippen molar-refractivity contribution in [2.75, 3.05) is 18.8 Å². The van der Waals surface area contributed by atoms with Crippen molar-refractivity contribution >= 4 is 44.5 Å². The predicted molar refractivity (Wildman–Crippen MR) is 121 cm³/mol. The first-order valence-electron chi connectivity index (χ1n) is 10.4. The Labute approximate surface area is 183 Å². The molecule has 1 aromatic carbocycles. The quantitative estimate of drug-likeness (QED) is 0.343. The van der Waals surface area contributed by atoms with Gasteiger partial charge in [-0.2, -0.15) is 0 Å². The molecule has 2 aliphatic rings. The van der Waals surface area contributed by atoms with Gasteiger partial charge in [-0.15, -0.1) is 0 Å². The minimum absolute atomic E-state index is 0.0242. The number of hydrogen-bond acceptors (Lipinski definition) is 4. The number of hydrogen-bond donors (Lipinski definition) is 0. The molecule has 29 heavy (non-hydrogen) atoms. The SMILES string of the molecule is O=C(CSc1nc2ccc(Br)cc2c(=O)n1CCC1=CCCCC1)N1CCCC1. The second-order valence-corrected chi connectivity index (χ2v) is 9.61. The molecule has 4 rings (SSSR count). The van der Waals surface area contributed by atoms with Crippen molar-refractivity contribution in [2.45, 2.75) is 56.6 Å². The van der Waals surface area contributed by atoms with E-state index < -0.39 is 0 Å². The van der Waals surface area contributed by atoms with Crippen LogP contribution < -0.4 is 5.56 Å². The molecular formula is C22H26BrN3O2S. The molecule has 0 atom stereocenters. The van der Waals surface area contributed by atoms with E-state index in [1.54, 1.807) is 4.57 Å². The lowest BCUT2D eigenvalue weighted by Gasteiger charge is -2.18. The van der Waals surface area contributed by atoms with Gasteiger partial charge < -0.3 is 4.90 Å². The van der Waals surface area contributed by atoms with Crippen LogP contribution in [0.15, 0.2) is 44.3 Å². The van der Waals surface area contributed by atoms with Gasteiger partial charge in [-0.1, -0.05) is 39.3 Å². The third-order valence-corrected chi connectivity index (χ3v) is 7.16. The zero-order valence-electron chi connectivity index (χ0n) is 16.5. The van der Waals surface area contributed by atoms with Crippen LogP contribution in [0.3, 0.4) is 0 Å². The minimum Gasteiger partial charge on any atom is -0.342 e. The number of carbonyl (C=O) groups is 1. The first-order chi connectivity index (χ1) is 14.1. The highest BCUT2D eigenvalue weighted by molar-refractivity contribution is 9.10. The lowest BCUT2D eigenvalue weighted by molar-refractivity contribution is -0.127. The van der Waals surface area contributed by atoms with E-state index in [2.05, 4.69) is 22.0 Å². The number of rotatable bonds is 6. The second-order valence-electron chi connectivity index (χ2n) is 7.75. The van der Waals surface area contributed by atoms with Crippen molar-refractivity contribution in [1.82, 2.24) is 14.5 Å². The van der Waals surface area contributed by atoms with E-state index in [4.69, 9.17) is 4.98 Å². The molecule has 0 saturated carbocycles. The lowest BCUT2D eigenvalue weighted by Crippen LogP contribution is -2.30. The number of halogens is 1. The van der Waals surface area contributed by atoms with E-state index >= 15 is 0 Å². The fourth-order valence-corrected chi connectivity index (χ4v) is 5.34. The summed E-state index contributed by atoms with van der Waals surface area (Å²) in [4.78, 5) is 32.4. The van der Waals surface area contributed by atoms with Crippen molar-refractivity contribution in [1.29, 1.82) is 0 Å². The number of thioether (sulfide) groups is 1. The zero-order chi connectivity index (χ0) is 20.2. The van der Waals surface area contributed by atoms with Crippen LogP contribution in [-0.4, -0.2) is 39.2 Å². The zero-order valence-corrected chi connectivity index (χ0v) is 18.9. The summed E-state index contributed by atoms with van der Waals surface area (Å²) in [6.07, 6.45) is 10.1. The summed E-state index contributed by atoms with van der Waals surface area (Å²) >= 11 is 4.85. The van der Waals surface area contributed by atoms with Gasteiger partial charge in [0.25, 0.3) is 5.56 Å². The van der Waals surface area contributed by atoms with Gasteiger partial charge in [0, 0.05) is 24.1 Å². The number of likely N-dealkylation sites (tertiary alicyclic amines) is 1. The first kappa shape index (κ1) is 20.7. The van der Waals surface area contributed by atoms with Gasteiger partial charge in [-0.3, -0.25) is 14.2 Å². The average Bonchev–Trinajstić information content (AvgIpc) is 3.28.